The van der Waals surface area contributed by atoms with Gasteiger partial charge in [-0.1, -0.05) is 49.4 Å². The van der Waals surface area contributed by atoms with E-state index in [-0.39, 0.29) is 6.09 Å². The Kier molecular flexibility index (Phi) is 4.35. The van der Waals surface area contributed by atoms with Gasteiger partial charge in [0, 0.05) is 6.54 Å². The summed E-state index contributed by atoms with van der Waals surface area (Å²) in [4.78, 5) is 14.5. The van der Waals surface area contributed by atoms with Gasteiger partial charge in [-0.25, -0.2) is 4.79 Å². The van der Waals surface area contributed by atoms with Crippen LogP contribution in [-0.2, 0) is 4.74 Å². The molecule has 0 aliphatic carbocycles. The van der Waals surface area contributed by atoms with Gasteiger partial charge in [-0.2, -0.15) is 0 Å². The monoisotopic (exact) mass is 323 g/mol. The summed E-state index contributed by atoms with van der Waals surface area (Å²) >= 11 is 0. The van der Waals surface area contributed by atoms with Crippen molar-refractivity contribution in [2.75, 3.05) is 6.54 Å². The molecule has 1 aliphatic rings. The molecule has 3 nitrogen and oxygen atoms in total. The molecule has 0 saturated carbocycles. The van der Waals surface area contributed by atoms with Crippen LogP contribution in [0.5, 0.6) is 0 Å². The first kappa shape index (κ1) is 16.6. The Bertz CT molecular complexity index is 786. The molecule has 0 spiro atoms. The van der Waals surface area contributed by atoms with Crippen molar-refractivity contribution < 1.29 is 9.53 Å². The second kappa shape index (κ2) is 6.31. The number of benzene rings is 2. The number of hydrogen-bond donors (Lipinski definition) is 0. The number of hydrogen-bond acceptors (Lipinski definition) is 2. The molecule has 0 N–H and O–H groups in total. The Balaban J connectivity index is 1.96. The van der Waals surface area contributed by atoms with E-state index in [9.17, 15) is 4.79 Å². The molecular weight excluding hydrogens is 298 g/mol. The largest absolute Gasteiger partial charge is 0.443 e. The van der Waals surface area contributed by atoms with E-state index in [0.29, 0.717) is 12.5 Å². The molecule has 3 rings (SSSR count). The number of fused-ring (bicyclic) bond motifs is 1. The Hall–Kier alpha value is -2.29. The Morgan fingerprint density at radius 3 is 2.54 bits per heavy atom. The van der Waals surface area contributed by atoms with Crippen molar-refractivity contribution in [1.82, 2.24) is 4.90 Å². The second-order valence-corrected chi connectivity index (χ2v) is 7.58. The highest BCUT2D eigenvalue weighted by atomic mass is 16.6. The molecule has 0 radical (unpaired) electrons. The molecule has 0 aromatic heterocycles. The third-order valence-corrected chi connectivity index (χ3v) is 4.16. The van der Waals surface area contributed by atoms with Crippen molar-refractivity contribution in [3.05, 3.63) is 54.1 Å². The van der Waals surface area contributed by atoms with Crippen molar-refractivity contribution in [3.63, 3.8) is 0 Å². The van der Waals surface area contributed by atoms with Crippen LogP contribution < -0.4 is 0 Å². The summed E-state index contributed by atoms with van der Waals surface area (Å²) in [5, 5.41) is 2.38. The molecule has 2 aromatic rings. The Morgan fingerprint density at radius 1 is 1.12 bits per heavy atom. The highest BCUT2D eigenvalue weighted by Crippen LogP contribution is 2.30. The zero-order valence-electron chi connectivity index (χ0n) is 14.9. The van der Waals surface area contributed by atoms with Gasteiger partial charge in [0.15, 0.2) is 0 Å². The Morgan fingerprint density at radius 2 is 1.83 bits per heavy atom. The van der Waals surface area contributed by atoms with Gasteiger partial charge in [0.25, 0.3) is 0 Å². The van der Waals surface area contributed by atoms with Crippen LogP contribution in [0, 0.1) is 5.92 Å². The number of rotatable bonds is 1. The van der Waals surface area contributed by atoms with E-state index in [0.717, 1.165) is 17.7 Å². The van der Waals surface area contributed by atoms with Crippen LogP contribution in [0.1, 0.15) is 39.7 Å². The van der Waals surface area contributed by atoms with E-state index < -0.39 is 5.60 Å². The fourth-order valence-corrected chi connectivity index (χ4v) is 3.02. The molecule has 1 heterocycles. The molecule has 1 amide bonds. The smallest absolute Gasteiger partial charge is 0.414 e. The first-order chi connectivity index (χ1) is 11.3. The zero-order valence-corrected chi connectivity index (χ0v) is 14.9. The van der Waals surface area contributed by atoms with Crippen LogP contribution in [0.2, 0.25) is 0 Å². The summed E-state index contributed by atoms with van der Waals surface area (Å²) < 4.78 is 5.61. The van der Waals surface area contributed by atoms with Gasteiger partial charge in [0.1, 0.15) is 5.60 Å². The van der Waals surface area contributed by atoms with Gasteiger partial charge in [0.05, 0.1) is 5.70 Å². The van der Waals surface area contributed by atoms with E-state index in [4.69, 9.17) is 4.74 Å². The molecule has 3 heteroatoms. The quantitative estimate of drug-likeness (QED) is 0.697. The predicted octanol–water partition coefficient (Wildman–Crippen LogP) is 5.46. The fourth-order valence-electron chi connectivity index (χ4n) is 3.02. The zero-order chi connectivity index (χ0) is 17.3. The minimum Gasteiger partial charge on any atom is -0.443 e. The highest BCUT2D eigenvalue weighted by Gasteiger charge is 2.29. The summed E-state index contributed by atoms with van der Waals surface area (Å²) in [7, 11) is 0. The lowest BCUT2D eigenvalue weighted by molar-refractivity contribution is 0.0327. The van der Waals surface area contributed by atoms with Crippen molar-refractivity contribution in [2.45, 2.75) is 39.7 Å². The number of carbonyl (C=O) groups is 1. The number of nitrogens with zero attached hydrogens (tertiary/aromatic N) is 1. The van der Waals surface area contributed by atoms with Gasteiger partial charge >= 0.3 is 6.09 Å². The average molecular weight is 323 g/mol. The molecular formula is C21H25NO2. The van der Waals surface area contributed by atoms with Crippen LogP contribution >= 0.6 is 0 Å². The van der Waals surface area contributed by atoms with Crippen LogP contribution in [0.3, 0.4) is 0 Å². The second-order valence-electron chi connectivity index (χ2n) is 7.58. The molecule has 0 fully saturated rings. The first-order valence-electron chi connectivity index (χ1n) is 8.53. The molecule has 0 bridgehead atoms. The molecule has 24 heavy (non-hydrogen) atoms. The summed E-state index contributed by atoms with van der Waals surface area (Å²) in [5.74, 6) is 0.432. The van der Waals surface area contributed by atoms with Gasteiger partial charge in [-0.3, -0.25) is 4.90 Å². The molecule has 2 aromatic carbocycles. The average Bonchev–Trinajstić information content (AvgIpc) is 2.53. The number of ether oxygens (including phenoxy) is 1. The highest BCUT2D eigenvalue weighted by molar-refractivity contribution is 5.89. The maximum absolute atomic E-state index is 12.7. The van der Waals surface area contributed by atoms with E-state index in [1.54, 1.807) is 4.90 Å². The minimum absolute atomic E-state index is 0.270. The normalized spacial score (nSPS) is 18.4. The van der Waals surface area contributed by atoms with Crippen LogP contribution in [0.4, 0.5) is 4.79 Å². The summed E-state index contributed by atoms with van der Waals surface area (Å²) in [6.45, 7) is 8.55. The van der Waals surface area contributed by atoms with Gasteiger partial charge in [0.2, 0.25) is 0 Å². The summed E-state index contributed by atoms with van der Waals surface area (Å²) in [6, 6.07) is 14.6. The Labute approximate surface area is 143 Å². The minimum atomic E-state index is -0.494. The lowest BCUT2D eigenvalue weighted by Crippen LogP contribution is -2.39. The van der Waals surface area contributed by atoms with Crippen molar-refractivity contribution >= 4 is 22.6 Å². The lowest BCUT2D eigenvalue weighted by atomic mass is 9.97. The molecule has 1 aliphatic heterocycles. The first-order valence-corrected chi connectivity index (χ1v) is 8.53. The molecule has 1 atom stereocenters. The maximum Gasteiger partial charge on any atom is 0.414 e. The SMILES string of the molecule is C[C@H]1CC=C(c2ccc3ccccc3c2)N(C(=O)OC(C)(C)C)C1. The summed E-state index contributed by atoms with van der Waals surface area (Å²) in [5.41, 5.74) is 1.52. The van der Waals surface area contributed by atoms with Crippen molar-refractivity contribution in [2.24, 2.45) is 5.92 Å². The van der Waals surface area contributed by atoms with Gasteiger partial charge in [-0.15, -0.1) is 0 Å². The van der Waals surface area contributed by atoms with Gasteiger partial charge < -0.3 is 4.74 Å². The van der Waals surface area contributed by atoms with E-state index in [1.165, 1.54) is 10.8 Å². The number of carbonyl (C=O) groups excluding carboxylic acids is 1. The van der Waals surface area contributed by atoms with E-state index in [2.05, 4.69) is 43.3 Å². The topological polar surface area (TPSA) is 29.5 Å². The number of allylic oxidation sites excluding steroid dienone is 1. The number of amides is 1. The maximum atomic E-state index is 12.7. The lowest BCUT2D eigenvalue weighted by Gasteiger charge is -2.34. The standard InChI is InChI=1S/C21H25NO2/c1-15-9-12-19(22(14-15)20(23)24-21(2,3)4)18-11-10-16-7-5-6-8-17(16)13-18/h5-8,10-13,15H,9,14H2,1-4H3/t15-/m0/s1. The van der Waals surface area contributed by atoms with Crippen LogP contribution in [0.15, 0.2) is 48.5 Å². The van der Waals surface area contributed by atoms with Crippen molar-refractivity contribution in [3.8, 4) is 0 Å². The molecule has 0 saturated heterocycles. The fraction of sp³-hybridized carbons (Fsp3) is 0.381. The summed E-state index contributed by atoms with van der Waals surface area (Å²) in [6.07, 6.45) is 2.86. The van der Waals surface area contributed by atoms with Crippen molar-refractivity contribution in [1.29, 1.82) is 0 Å². The van der Waals surface area contributed by atoms with Crippen LogP contribution in [-0.4, -0.2) is 23.1 Å². The third-order valence-electron chi connectivity index (χ3n) is 4.16. The van der Waals surface area contributed by atoms with E-state index in [1.807, 2.05) is 32.9 Å². The predicted molar refractivity (Wildman–Crippen MR) is 98.6 cm³/mol. The van der Waals surface area contributed by atoms with Gasteiger partial charge in [-0.05, 0) is 55.5 Å². The third kappa shape index (κ3) is 3.61. The van der Waals surface area contributed by atoms with E-state index >= 15 is 0 Å². The molecule has 0 unspecified atom stereocenters. The van der Waals surface area contributed by atoms with Crippen LogP contribution in [0.25, 0.3) is 16.5 Å². The molecule has 126 valence electrons.